The molecule has 1 amide bonds. The number of hydrogen-bond donors (Lipinski definition) is 1. The van der Waals surface area contributed by atoms with Gasteiger partial charge in [0.05, 0.1) is 0 Å². The van der Waals surface area contributed by atoms with Crippen molar-refractivity contribution in [3.05, 3.63) is 24.3 Å². The van der Waals surface area contributed by atoms with E-state index in [1.54, 1.807) is 11.9 Å². The van der Waals surface area contributed by atoms with Crippen molar-refractivity contribution in [1.82, 2.24) is 0 Å². The van der Waals surface area contributed by atoms with Crippen LogP contribution in [0.25, 0.3) is 0 Å². The average molecular weight is 266 g/mol. The highest BCUT2D eigenvalue weighted by Crippen LogP contribution is 2.25. The number of hydrogen-bond acceptors (Lipinski definition) is 3. The van der Waals surface area contributed by atoms with E-state index in [9.17, 15) is 4.79 Å². The second-order valence-corrected chi connectivity index (χ2v) is 6.44. The van der Waals surface area contributed by atoms with E-state index in [1.165, 1.54) is 4.90 Å². The molecule has 4 heteroatoms. The molecule has 0 saturated heterocycles. The minimum absolute atomic E-state index is 0.0502. The van der Waals surface area contributed by atoms with E-state index in [2.05, 4.69) is 26.0 Å². The molecule has 3 nitrogen and oxygen atoms in total. The van der Waals surface area contributed by atoms with Crippen LogP contribution in [0, 0.1) is 0 Å². The first-order valence-electron chi connectivity index (χ1n) is 6.19. The second kappa shape index (κ2) is 6.81. The Kier molecular flexibility index (Phi) is 5.69. The third kappa shape index (κ3) is 4.70. The van der Waals surface area contributed by atoms with Crippen LogP contribution < -0.4 is 10.6 Å². The zero-order chi connectivity index (χ0) is 13.7. The second-order valence-electron chi connectivity index (χ2n) is 4.79. The summed E-state index contributed by atoms with van der Waals surface area (Å²) in [5.74, 6) is 0.0502. The Morgan fingerprint density at radius 2 is 1.83 bits per heavy atom. The van der Waals surface area contributed by atoms with Gasteiger partial charge in [-0.25, -0.2) is 0 Å². The van der Waals surface area contributed by atoms with Gasteiger partial charge in [0.1, 0.15) is 0 Å². The average Bonchev–Trinajstić information content (AvgIpc) is 2.27. The number of benzene rings is 1. The van der Waals surface area contributed by atoms with Gasteiger partial charge in [-0.2, -0.15) is 0 Å². The third-order valence-corrected chi connectivity index (χ3v) is 3.48. The van der Waals surface area contributed by atoms with E-state index in [1.807, 2.05) is 30.8 Å². The van der Waals surface area contributed by atoms with E-state index in [0.29, 0.717) is 11.7 Å². The highest BCUT2D eigenvalue weighted by molar-refractivity contribution is 7.99. The number of anilines is 1. The normalized spacial score (nSPS) is 12.6. The fraction of sp³-hybridized carbons (Fsp3) is 0.500. The predicted molar refractivity (Wildman–Crippen MR) is 79.1 cm³/mol. The SMILES string of the molecule is CC(N)CC(=O)N(C)c1ccc(SC(C)C)cc1. The maximum atomic E-state index is 11.9. The van der Waals surface area contributed by atoms with Gasteiger partial charge in [-0.15, -0.1) is 11.8 Å². The number of thioether (sulfide) groups is 1. The first-order chi connectivity index (χ1) is 8.40. The molecule has 1 aromatic carbocycles. The van der Waals surface area contributed by atoms with Gasteiger partial charge in [0.2, 0.25) is 5.91 Å². The van der Waals surface area contributed by atoms with Crippen LogP contribution in [-0.4, -0.2) is 24.2 Å². The van der Waals surface area contributed by atoms with E-state index >= 15 is 0 Å². The van der Waals surface area contributed by atoms with Gasteiger partial charge < -0.3 is 10.6 Å². The Morgan fingerprint density at radius 1 is 1.28 bits per heavy atom. The zero-order valence-corrected chi connectivity index (χ0v) is 12.3. The van der Waals surface area contributed by atoms with Crippen molar-refractivity contribution < 1.29 is 4.79 Å². The monoisotopic (exact) mass is 266 g/mol. The van der Waals surface area contributed by atoms with Crippen LogP contribution in [0.5, 0.6) is 0 Å². The van der Waals surface area contributed by atoms with Crippen LogP contribution in [-0.2, 0) is 4.79 Å². The van der Waals surface area contributed by atoms with Gasteiger partial charge in [0, 0.05) is 35.3 Å². The summed E-state index contributed by atoms with van der Waals surface area (Å²) in [6, 6.07) is 7.95. The number of carbonyl (C=O) groups excluding carboxylic acids is 1. The molecule has 18 heavy (non-hydrogen) atoms. The van der Waals surface area contributed by atoms with Crippen molar-refractivity contribution in [2.24, 2.45) is 5.73 Å². The highest BCUT2D eigenvalue weighted by atomic mass is 32.2. The van der Waals surface area contributed by atoms with E-state index < -0.39 is 0 Å². The lowest BCUT2D eigenvalue weighted by molar-refractivity contribution is -0.118. The lowest BCUT2D eigenvalue weighted by atomic mass is 10.2. The van der Waals surface area contributed by atoms with Gasteiger partial charge in [-0.05, 0) is 31.2 Å². The van der Waals surface area contributed by atoms with Crippen LogP contribution in [0.3, 0.4) is 0 Å². The number of carbonyl (C=O) groups is 1. The molecule has 0 heterocycles. The molecule has 1 aromatic rings. The summed E-state index contributed by atoms with van der Waals surface area (Å²) >= 11 is 1.81. The Labute approximate surface area is 114 Å². The van der Waals surface area contributed by atoms with Crippen molar-refractivity contribution >= 4 is 23.4 Å². The van der Waals surface area contributed by atoms with Gasteiger partial charge >= 0.3 is 0 Å². The number of nitrogens with zero attached hydrogens (tertiary/aromatic N) is 1. The smallest absolute Gasteiger partial charge is 0.228 e. The number of rotatable bonds is 5. The molecule has 0 fully saturated rings. The lowest BCUT2D eigenvalue weighted by Gasteiger charge is -2.19. The van der Waals surface area contributed by atoms with Gasteiger partial charge in [-0.3, -0.25) is 4.79 Å². The van der Waals surface area contributed by atoms with Gasteiger partial charge in [0.25, 0.3) is 0 Å². The Balaban J connectivity index is 2.69. The van der Waals surface area contributed by atoms with Crippen molar-refractivity contribution in [2.75, 3.05) is 11.9 Å². The molecule has 0 saturated carbocycles. The van der Waals surface area contributed by atoms with Crippen LogP contribution >= 0.6 is 11.8 Å². The maximum Gasteiger partial charge on any atom is 0.228 e. The van der Waals surface area contributed by atoms with Gasteiger partial charge in [-0.1, -0.05) is 13.8 Å². The topological polar surface area (TPSA) is 46.3 Å². The summed E-state index contributed by atoms with van der Waals surface area (Å²) in [6.45, 7) is 6.17. The largest absolute Gasteiger partial charge is 0.327 e. The molecule has 0 bridgehead atoms. The van der Waals surface area contributed by atoms with Gasteiger partial charge in [0.15, 0.2) is 0 Å². The van der Waals surface area contributed by atoms with Crippen LogP contribution in [0.4, 0.5) is 5.69 Å². The molecule has 1 unspecified atom stereocenters. The Bertz CT molecular complexity index is 387. The van der Waals surface area contributed by atoms with E-state index in [4.69, 9.17) is 5.73 Å². The fourth-order valence-corrected chi connectivity index (χ4v) is 2.41. The minimum Gasteiger partial charge on any atom is -0.327 e. The minimum atomic E-state index is -0.101. The van der Waals surface area contributed by atoms with E-state index in [-0.39, 0.29) is 11.9 Å². The molecule has 0 radical (unpaired) electrons. The van der Waals surface area contributed by atoms with Crippen molar-refractivity contribution in [3.8, 4) is 0 Å². The zero-order valence-electron chi connectivity index (χ0n) is 11.5. The third-order valence-electron chi connectivity index (χ3n) is 2.47. The molecule has 0 spiro atoms. The van der Waals surface area contributed by atoms with Crippen LogP contribution in [0.2, 0.25) is 0 Å². The summed E-state index contributed by atoms with van der Waals surface area (Å²) in [7, 11) is 1.79. The van der Waals surface area contributed by atoms with E-state index in [0.717, 1.165) is 5.69 Å². The summed E-state index contributed by atoms with van der Waals surface area (Å²) in [4.78, 5) is 14.7. The standard InChI is InChI=1S/C14H22N2OS/c1-10(2)18-13-7-5-12(6-8-13)16(4)14(17)9-11(3)15/h5-8,10-11H,9,15H2,1-4H3. The molecule has 1 rings (SSSR count). The molecular formula is C14H22N2OS. The predicted octanol–water partition coefficient (Wildman–Crippen LogP) is 2.89. The van der Waals surface area contributed by atoms with Crippen LogP contribution in [0.15, 0.2) is 29.2 Å². The maximum absolute atomic E-state index is 11.9. The Morgan fingerprint density at radius 3 is 2.28 bits per heavy atom. The molecular weight excluding hydrogens is 244 g/mol. The first kappa shape index (κ1) is 15.1. The summed E-state index contributed by atoms with van der Waals surface area (Å²) in [6.07, 6.45) is 0.374. The summed E-state index contributed by atoms with van der Waals surface area (Å²) in [5, 5.41) is 0.563. The summed E-state index contributed by atoms with van der Waals surface area (Å²) < 4.78 is 0. The van der Waals surface area contributed by atoms with Crippen molar-refractivity contribution in [2.45, 2.75) is 43.4 Å². The molecule has 0 aliphatic carbocycles. The van der Waals surface area contributed by atoms with Crippen LogP contribution in [0.1, 0.15) is 27.2 Å². The fourth-order valence-electron chi connectivity index (χ4n) is 1.58. The lowest BCUT2D eigenvalue weighted by Crippen LogP contribution is -2.31. The molecule has 2 N–H and O–H groups in total. The molecule has 0 aliphatic rings. The summed E-state index contributed by atoms with van der Waals surface area (Å²) in [5.41, 5.74) is 6.55. The molecule has 0 aliphatic heterocycles. The molecule has 0 aromatic heterocycles. The number of amides is 1. The first-order valence-corrected chi connectivity index (χ1v) is 7.07. The van der Waals surface area contributed by atoms with Crippen molar-refractivity contribution in [1.29, 1.82) is 0 Å². The highest BCUT2D eigenvalue weighted by Gasteiger charge is 2.12. The quantitative estimate of drug-likeness (QED) is 0.834. The Hall–Kier alpha value is -1.00. The molecule has 1 atom stereocenters. The number of nitrogens with two attached hydrogens (primary N) is 1. The molecule has 100 valence electrons. The van der Waals surface area contributed by atoms with Crippen molar-refractivity contribution in [3.63, 3.8) is 0 Å².